The van der Waals surface area contributed by atoms with Crippen LogP contribution in [0.25, 0.3) is 0 Å². The Labute approximate surface area is 154 Å². The summed E-state index contributed by atoms with van der Waals surface area (Å²) in [6, 6.07) is 10.1. The summed E-state index contributed by atoms with van der Waals surface area (Å²) in [6.45, 7) is 1.28. The quantitative estimate of drug-likeness (QED) is 0.353. The van der Waals surface area contributed by atoms with Gasteiger partial charge in [0, 0.05) is 24.0 Å². The zero-order valence-electron chi connectivity index (χ0n) is 13.7. The number of benzene rings is 1. The maximum atomic E-state index is 12.6. The molecular formula is C16H17N3O5S2. The van der Waals surface area contributed by atoms with Gasteiger partial charge in [-0.2, -0.15) is 4.31 Å². The van der Waals surface area contributed by atoms with Gasteiger partial charge in [0.15, 0.2) is 5.84 Å². The van der Waals surface area contributed by atoms with Gasteiger partial charge >= 0.3 is 5.97 Å². The van der Waals surface area contributed by atoms with Crippen molar-refractivity contribution in [1.82, 2.24) is 4.31 Å². The first-order valence-corrected chi connectivity index (χ1v) is 10.1. The highest BCUT2D eigenvalue weighted by Crippen LogP contribution is 2.24. The molecule has 0 saturated carbocycles. The van der Waals surface area contributed by atoms with Crippen LogP contribution >= 0.6 is 11.3 Å². The van der Waals surface area contributed by atoms with E-state index in [0.717, 1.165) is 11.3 Å². The first kappa shape index (κ1) is 18.5. The number of carbonyl (C=O) groups is 1. The number of nitrogens with two attached hydrogens (primary N) is 1. The van der Waals surface area contributed by atoms with Gasteiger partial charge in [0.2, 0.25) is 10.0 Å². The lowest BCUT2D eigenvalue weighted by molar-refractivity contribution is 0.0521. The number of ether oxygens (including phenoxy) is 1. The van der Waals surface area contributed by atoms with Gasteiger partial charge in [0.1, 0.15) is 4.88 Å². The Kier molecular flexibility index (Phi) is 5.67. The van der Waals surface area contributed by atoms with E-state index in [1.165, 1.54) is 15.8 Å². The van der Waals surface area contributed by atoms with Gasteiger partial charge in [0.25, 0.3) is 0 Å². The van der Waals surface area contributed by atoms with E-state index in [4.69, 9.17) is 15.3 Å². The normalized spacial score (nSPS) is 16.4. The first-order chi connectivity index (χ1) is 12.5. The van der Waals surface area contributed by atoms with Gasteiger partial charge in [0.05, 0.1) is 18.1 Å². The van der Waals surface area contributed by atoms with Crippen molar-refractivity contribution in [3.05, 3.63) is 52.2 Å². The Morgan fingerprint density at radius 3 is 2.62 bits per heavy atom. The fourth-order valence-electron chi connectivity index (χ4n) is 2.29. The molecule has 2 N–H and O–H groups in total. The Bertz CT molecular complexity index is 903. The molecule has 26 heavy (non-hydrogen) atoms. The van der Waals surface area contributed by atoms with E-state index in [-0.39, 0.29) is 28.7 Å². The molecule has 0 atom stereocenters. The SMILES string of the molecule is N/C(=N\OC(=O)c1cc(S(=O)(=O)N2CCOCC2)cs1)c1ccccc1. The fraction of sp³-hybridized carbons (Fsp3) is 0.250. The van der Waals surface area contributed by atoms with E-state index in [0.29, 0.717) is 18.8 Å². The second kappa shape index (κ2) is 7.96. The molecule has 1 aromatic carbocycles. The van der Waals surface area contributed by atoms with E-state index in [2.05, 4.69) is 5.16 Å². The molecule has 138 valence electrons. The largest absolute Gasteiger partial charge is 0.380 e. The molecule has 0 aliphatic carbocycles. The Balaban J connectivity index is 1.70. The van der Waals surface area contributed by atoms with Crippen molar-refractivity contribution >= 4 is 33.2 Å². The average molecular weight is 395 g/mol. The van der Waals surface area contributed by atoms with E-state index >= 15 is 0 Å². The second-order valence-corrected chi connectivity index (χ2v) is 8.23. The van der Waals surface area contributed by atoms with Crippen molar-refractivity contribution in [2.24, 2.45) is 10.9 Å². The van der Waals surface area contributed by atoms with Gasteiger partial charge in [-0.25, -0.2) is 13.2 Å². The fourth-order valence-corrected chi connectivity index (χ4v) is 4.83. The molecular weight excluding hydrogens is 378 g/mol. The molecule has 0 amide bonds. The van der Waals surface area contributed by atoms with Crippen molar-refractivity contribution in [3.63, 3.8) is 0 Å². The van der Waals surface area contributed by atoms with Gasteiger partial charge in [-0.15, -0.1) is 11.3 Å². The summed E-state index contributed by atoms with van der Waals surface area (Å²) in [5.74, 6) is -0.714. The molecule has 0 radical (unpaired) electrons. The van der Waals surface area contributed by atoms with Crippen LogP contribution in [-0.4, -0.2) is 50.8 Å². The van der Waals surface area contributed by atoms with Gasteiger partial charge in [-0.3, -0.25) is 0 Å². The average Bonchev–Trinajstić information content (AvgIpc) is 3.18. The van der Waals surface area contributed by atoms with Crippen molar-refractivity contribution in [1.29, 1.82) is 0 Å². The molecule has 1 aliphatic rings. The molecule has 3 rings (SSSR count). The Morgan fingerprint density at radius 2 is 1.92 bits per heavy atom. The van der Waals surface area contributed by atoms with Crippen molar-refractivity contribution in [3.8, 4) is 0 Å². The minimum Gasteiger partial charge on any atom is -0.380 e. The Morgan fingerprint density at radius 1 is 1.23 bits per heavy atom. The molecule has 2 aromatic rings. The van der Waals surface area contributed by atoms with Crippen LogP contribution in [-0.2, 0) is 19.6 Å². The van der Waals surface area contributed by atoms with Crippen LogP contribution in [0.3, 0.4) is 0 Å². The molecule has 2 heterocycles. The third kappa shape index (κ3) is 4.10. The van der Waals surface area contributed by atoms with Crippen LogP contribution < -0.4 is 5.73 Å². The number of amidine groups is 1. The highest BCUT2D eigenvalue weighted by atomic mass is 32.2. The number of hydrogen-bond donors (Lipinski definition) is 1. The predicted molar refractivity (Wildman–Crippen MR) is 96.5 cm³/mol. The van der Waals surface area contributed by atoms with Gasteiger partial charge in [-0.05, 0) is 6.07 Å². The number of rotatable bonds is 5. The first-order valence-electron chi connectivity index (χ1n) is 7.75. The third-order valence-electron chi connectivity index (χ3n) is 3.68. The summed E-state index contributed by atoms with van der Waals surface area (Å²) < 4.78 is 31.6. The summed E-state index contributed by atoms with van der Waals surface area (Å²) in [5.41, 5.74) is 6.37. The number of thiophene rings is 1. The summed E-state index contributed by atoms with van der Waals surface area (Å²) in [6.07, 6.45) is 0. The lowest BCUT2D eigenvalue weighted by atomic mass is 10.2. The van der Waals surface area contributed by atoms with E-state index in [9.17, 15) is 13.2 Å². The maximum Gasteiger partial charge on any atom is 0.375 e. The number of hydrogen-bond acceptors (Lipinski definition) is 7. The van der Waals surface area contributed by atoms with Gasteiger partial charge in [-0.1, -0.05) is 35.5 Å². The number of oxime groups is 1. The zero-order valence-corrected chi connectivity index (χ0v) is 15.3. The van der Waals surface area contributed by atoms with Crippen molar-refractivity contribution in [2.45, 2.75) is 4.90 Å². The minimum absolute atomic E-state index is 0.0522. The molecule has 0 unspecified atom stereocenters. The topological polar surface area (TPSA) is 111 Å². The van der Waals surface area contributed by atoms with Crippen molar-refractivity contribution in [2.75, 3.05) is 26.3 Å². The predicted octanol–water partition coefficient (Wildman–Crippen LogP) is 1.25. The summed E-state index contributed by atoms with van der Waals surface area (Å²) in [7, 11) is -3.65. The van der Waals surface area contributed by atoms with Crippen LogP contribution in [0.15, 0.2) is 51.8 Å². The van der Waals surface area contributed by atoms with Crippen LogP contribution in [0.4, 0.5) is 0 Å². The standard InChI is InChI=1S/C16H17N3O5S2/c17-15(12-4-2-1-3-5-12)18-24-16(20)14-10-13(11-25-14)26(21,22)19-6-8-23-9-7-19/h1-5,10-11H,6-9H2,(H2,17,18). The third-order valence-corrected chi connectivity index (χ3v) is 6.62. The Hall–Kier alpha value is -2.27. The highest BCUT2D eigenvalue weighted by molar-refractivity contribution is 7.89. The van der Waals surface area contributed by atoms with E-state index in [1.807, 2.05) is 6.07 Å². The molecule has 0 bridgehead atoms. The molecule has 0 spiro atoms. The number of morpholine rings is 1. The molecule has 1 aliphatic heterocycles. The van der Waals surface area contributed by atoms with Crippen LogP contribution in [0, 0.1) is 0 Å². The van der Waals surface area contributed by atoms with Crippen LogP contribution in [0.5, 0.6) is 0 Å². The number of carbonyl (C=O) groups excluding carboxylic acids is 1. The van der Waals surface area contributed by atoms with E-state index in [1.54, 1.807) is 24.3 Å². The lowest BCUT2D eigenvalue weighted by Crippen LogP contribution is -2.40. The van der Waals surface area contributed by atoms with Crippen molar-refractivity contribution < 1.29 is 22.8 Å². The molecule has 1 saturated heterocycles. The molecule has 1 fully saturated rings. The summed E-state index contributed by atoms with van der Waals surface area (Å²) in [4.78, 5) is 17.1. The summed E-state index contributed by atoms with van der Waals surface area (Å²) >= 11 is 0.974. The maximum absolute atomic E-state index is 12.6. The zero-order chi connectivity index (χ0) is 18.6. The van der Waals surface area contributed by atoms with Crippen LogP contribution in [0.2, 0.25) is 0 Å². The minimum atomic E-state index is -3.65. The highest BCUT2D eigenvalue weighted by Gasteiger charge is 2.28. The number of sulfonamides is 1. The monoisotopic (exact) mass is 395 g/mol. The van der Waals surface area contributed by atoms with Crippen LogP contribution in [0.1, 0.15) is 15.2 Å². The second-order valence-electron chi connectivity index (χ2n) is 5.38. The van der Waals surface area contributed by atoms with Gasteiger partial charge < -0.3 is 15.3 Å². The summed E-state index contributed by atoms with van der Waals surface area (Å²) in [5, 5.41) is 5.02. The molecule has 10 heteroatoms. The smallest absolute Gasteiger partial charge is 0.375 e. The van der Waals surface area contributed by atoms with E-state index < -0.39 is 16.0 Å². The number of nitrogens with zero attached hydrogens (tertiary/aromatic N) is 2. The lowest BCUT2D eigenvalue weighted by Gasteiger charge is -2.25. The molecule has 1 aromatic heterocycles. The molecule has 8 nitrogen and oxygen atoms in total.